The molecule has 0 amide bonds. The molecule has 1 saturated carbocycles. The second-order valence-corrected chi connectivity index (χ2v) is 19.3. The second-order valence-electron chi connectivity index (χ2n) is 19.3. The van der Waals surface area contributed by atoms with Gasteiger partial charge in [-0.15, -0.1) is 0 Å². The van der Waals surface area contributed by atoms with E-state index in [4.69, 9.17) is 8.83 Å². The van der Waals surface area contributed by atoms with Crippen molar-refractivity contribution in [2.24, 2.45) is 0 Å². The van der Waals surface area contributed by atoms with Crippen LogP contribution in [0.1, 0.15) is 103 Å². The van der Waals surface area contributed by atoms with Crippen LogP contribution in [0.3, 0.4) is 0 Å². The van der Waals surface area contributed by atoms with Crippen molar-refractivity contribution in [1.82, 2.24) is 0 Å². The average molecular weight is 709 g/mol. The van der Waals surface area contributed by atoms with Gasteiger partial charge >= 0.3 is 0 Å². The van der Waals surface area contributed by atoms with E-state index in [2.05, 4.69) is 157 Å². The number of hydrogen-bond acceptors (Lipinski definition) is 4. The Bertz CT molecular complexity index is 2770. The second kappa shape index (κ2) is 10.2. The molecule has 1 aliphatic carbocycles. The van der Waals surface area contributed by atoms with E-state index in [0.29, 0.717) is 0 Å². The number of fused-ring (bicyclic) bond motifs is 12. The summed E-state index contributed by atoms with van der Waals surface area (Å²) in [4.78, 5) is 5.30. The average Bonchev–Trinajstić information content (AvgIpc) is 3.76. The first-order chi connectivity index (χ1) is 25.7. The maximum absolute atomic E-state index is 7.28. The minimum absolute atomic E-state index is 0.0207. The van der Waals surface area contributed by atoms with Crippen molar-refractivity contribution in [3.63, 3.8) is 0 Å². The van der Waals surface area contributed by atoms with Gasteiger partial charge in [0.05, 0.1) is 22.6 Å². The lowest BCUT2D eigenvalue weighted by Gasteiger charge is -2.52. The smallest absolute Gasteiger partial charge is 0.297 e. The fraction of sp³-hybridized carbons (Fsp3) is 0.347. The summed E-state index contributed by atoms with van der Waals surface area (Å²) in [6, 6.07) is 32.1. The van der Waals surface area contributed by atoms with Gasteiger partial charge in [0.2, 0.25) is 0 Å². The number of para-hydroxylation sites is 1. The highest BCUT2D eigenvalue weighted by molar-refractivity contribution is 7.00. The Balaban J connectivity index is 1.29. The molecule has 2 atom stereocenters. The summed E-state index contributed by atoms with van der Waals surface area (Å²) in [6.07, 6.45) is 4.91. The quantitative estimate of drug-likeness (QED) is 0.159. The SMILES string of the molecule is Cc1cc2c3c(c1)C1(C)CCCCC1(C)N3c1cccc3c1B2c1oc2ccc(C(C)(C)C)cc2c1N3c1ccc(C(C)(C)C)c2c1oc1ccccc12. The summed E-state index contributed by atoms with van der Waals surface area (Å²) < 4.78 is 14.3. The van der Waals surface area contributed by atoms with Gasteiger partial charge in [0, 0.05) is 38.6 Å². The molecule has 4 aliphatic rings. The van der Waals surface area contributed by atoms with E-state index in [9.17, 15) is 0 Å². The summed E-state index contributed by atoms with van der Waals surface area (Å²) in [5.41, 5.74) is 18.0. The molecule has 0 saturated heterocycles. The predicted molar refractivity (Wildman–Crippen MR) is 228 cm³/mol. The van der Waals surface area contributed by atoms with Crippen molar-refractivity contribution in [2.45, 2.75) is 110 Å². The Hall–Kier alpha value is -4.90. The van der Waals surface area contributed by atoms with E-state index in [-0.39, 0.29) is 28.5 Å². The zero-order chi connectivity index (χ0) is 37.3. The van der Waals surface area contributed by atoms with E-state index >= 15 is 0 Å². The molecule has 1 fully saturated rings. The number of aryl methyl sites for hydroxylation is 1. The number of anilines is 5. The molecule has 0 bridgehead atoms. The fourth-order valence-electron chi connectivity index (χ4n) is 11.2. The highest BCUT2D eigenvalue weighted by atomic mass is 16.3. The largest absolute Gasteiger partial charge is 0.468 e. The molecular formula is C49H49BN2O2. The Kier molecular flexibility index (Phi) is 6.17. The van der Waals surface area contributed by atoms with Gasteiger partial charge in [0.1, 0.15) is 11.2 Å². The lowest BCUT2D eigenvalue weighted by Crippen LogP contribution is -2.64. The predicted octanol–water partition coefficient (Wildman–Crippen LogP) is 11.6. The number of furan rings is 2. The first-order valence-electron chi connectivity index (χ1n) is 20.1. The first kappa shape index (κ1) is 32.5. The van der Waals surface area contributed by atoms with Gasteiger partial charge in [-0.1, -0.05) is 115 Å². The number of nitrogens with zero attached hydrogens (tertiary/aromatic N) is 2. The Labute approximate surface area is 319 Å². The molecule has 0 radical (unpaired) electrons. The van der Waals surface area contributed by atoms with E-state index in [1.165, 1.54) is 81.3 Å². The van der Waals surface area contributed by atoms with Crippen molar-refractivity contribution < 1.29 is 8.83 Å². The molecule has 4 nitrogen and oxygen atoms in total. The van der Waals surface area contributed by atoms with Crippen LogP contribution in [0.15, 0.2) is 93.8 Å². The maximum Gasteiger partial charge on any atom is 0.297 e. The van der Waals surface area contributed by atoms with Gasteiger partial charge in [0.15, 0.2) is 5.58 Å². The first-order valence-corrected chi connectivity index (χ1v) is 20.1. The minimum atomic E-state index is -0.0748. The topological polar surface area (TPSA) is 32.8 Å². The summed E-state index contributed by atoms with van der Waals surface area (Å²) >= 11 is 0. The Morgan fingerprint density at radius 2 is 1.44 bits per heavy atom. The van der Waals surface area contributed by atoms with E-state index in [1.54, 1.807) is 0 Å². The third-order valence-electron chi connectivity index (χ3n) is 14.1. The number of benzene rings is 5. The van der Waals surface area contributed by atoms with Crippen molar-refractivity contribution in [3.8, 4) is 0 Å². The lowest BCUT2D eigenvalue weighted by molar-refractivity contribution is 0.195. The fourth-order valence-corrected chi connectivity index (χ4v) is 11.2. The maximum atomic E-state index is 7.28. The molecule has 5 aromatic carbocycles. The Morgan fingerprint density at radius 1 is 0.685 bits per heavy atom. The van der Waals surface area contributed by atoms with Crippen molar-refractivity contribution in [2.75, 3.05) is 9.80 Å². The molecule has 2 aromatic heterocycles. The molecule has 7 aromatic rings. The molecule has 54 heavy (non-hydrogen) atoms. The van der Waals surface area contributed by atoms with Crippen LogP contribution in [0.2, 0.25) is 0 Å². The van der Waals surface area contributed by atoms with Gasteiger partial charge in [-0.25, -0.2) is 0 Å². The molecule has 270 valence electrons. The highest BCUT2D eigenvalue weighted by Crippen LogP contribution is 2.62. The number of rotatable bonds is 1. The third kappa shape index (κ3) is 3.91. The molecule has 5 heteroatoms. The van der Waals surface area contributed by atoms with Crippen LogP contribution in [0.5, 0.6) is 0 Å². The van der Waals surface area contributed by atoms with Crippen LogP contribution >= 0.6 is 0 Å². The normalized spacial score (nSPS) is 21.5. The zero-order valence-corrected chi connectivity index (χ0v) is 33.2. The van der Waals surface area contributed by atoms with E-state index in [1.807, 2.05) is 0 Å². The van der Waals surface area contributed by atoms with Crippen LogP contribution < -0.4 is 26.4 Å². The monoisotopic (exact) mass is 708 g/mol. The summed E-state index contributed by atoms with van der Waals surface area (Å²) in [5.74, 6) is 0. The minimum Gasteiger partial charge on any atom is -0.468 e. The number of hydrogen-bond donors (Lipinski definition) is 0. The molecular weight excluding hydrogens is 659 g/mol. The van der Waals surface area contributed by atoms with Crippen LogP contribution in [-0.4, -0.2) is 12.3 Å². The molecule has 3 aliphatic heterocycles. The standard InChI is InChI=1S/C49H49BN2O2/c1-28-25-33-43-34(26-28)50-41-35(16-14-17-36(41)52(43)49(9)24-13-12-23-48(33,49)8)51(42-31-27-29(46(2,3)4)19-22-39(31)54-45(42)50)37-21-20-32(47(5,6)7)40-30-15-10-11-18-38(30)53-44(37)40/h10-11,14-22,25-27H,12-13,23-24H2,1-9H3. The van der Waals surface area contributed by atoms with Crippen molar-refractivity contribution >= 4 is 84.6 Å². The molecule has 2 unspecified atom stereocenters. The third-order valence-corrected chi connectivity index (χ3v) is 14.1. The van der Waals surface area contributed by atoms with Gasteiger partial charge in [-0.3, -0.25) is 0 Å². The van der Waals surface area contributed by atoms with E-state index < -0.39 is 0 Å². The van der Waals surface area contributed by atoms with Crippen LogP contribution in [0.25, 0.3) is 32.9 Å². The van der Waals surface area contributed by atoms with Gasteiger partial charge in [-0.05, 0) is 102 Å². The highest BCUT2D eigenvalue weighted by Gasteiger charge is 2.62. The van der Waals surface area contributed by atoms with Crippen LogP contribution in [0.4, 0.5) is 28.4 Å². The van der Waals surface area contributed by atoms with Crippen LogP contribution in [-0.2, 0) is 16.2 Å². The molecule has 5 heterocycles. The summed E-state index contributed by atoms with van der Waals surface area (Å²) in [6.45, 7) is 21.2. The van der Waals surface area contributed by atoms with Gasteiger partial charge in [0.25, 0.3) is 6.71 Å². The van der Waals surface area contributed by atoms with Gasteiger partial charge < -0.3 is 18.6 Å². The lowest BCUT2D eigenvalue weighted by atomic mass is 9.35. The van der Waals surface area contributed by atoms with Crippen molar-refractivity contribution in [1.29, 1.82) is 0 Å². The van der Waals surface area contributed by atoms with Crippen molar-refractivity contribution in [3.05, 3.63) is 107 Å². The van der Waals surface area contributed by atoms with E-state index in [0.717, 1.165) is 44.6 Å². The summed E-state index contributed by atoms with van der Waals surface area (Å²) in [7, 11) is 0. The molecule has 0 N–H and O–H groups in total. The van der Waals surface area contributed by atoms with Gasteiger partial charge in [-0.2, -0.15) is 0 Å². The summed E-state index contributed by atoms with van der Waals surface area (Å²) in [5, 5.41) is 3.51. The Morgan fingerprint density at radius 3 is 2.24 bits per heavy atom. The molecule has 11 rings (SSSR count). The zero-order valence-electron chi connectivity index (χ0n) is 33.2. The van der Waals surface area contributed by atoms with Crippen LogP contribution in [0, 0.1) is 6.92 Å². The molecule has 0 spiro atoms.